The smallest absolute Gasteiger partial charge is 0.122 e. The first-order chi connectivity index (χ1) is 8.12. The van der Waals surface area contributed by atoms with Crippen LogP contribution >= 0.6 is 15.9 Å². The highest BCUT2D eigenvalue weighted by Gasteiger charge is 2.17. The molecule has 0 saturated carbocycles. The molecule has 0 amide bonds. The van der Waals surface area contributed by atoms with Gasteiger partial charge in [-0.05, 0) is 48.6 Å². The number of hydrogen-bond donors (Lipinski definition) is 2. The van der Waals surface area contributed by atoms with Crippen LogP contribution in [0.2, 0.25) is 0 Å². The molecule has 1 aromatic rings. The summed E-state index contributed by atoms with van der Waals surface area (Å²) in [6.45, 7) is 2.75. The highest BCUT2D eigenvalue weighted by Crippen LogP contribution is 2.27. The van der Waals surface area contributed by atoms with E-state index in [0.717, 1.165) is 22.2 Å². The second kappa shape index (κ2) is 6.99. The third-order valence-electron chi connectivity index (χ3n) is 3.13. The number of benzene rings is 1. The maximum atomic E-state index is 9.24. The third-order valence-corrected chi connectivity index (χ3v) is 3.62. The van der Waals surface area contributed by atoms with Crippen molar-refractivity contribution in [2.24, 2.45) is 17.6 Å². The Morgan fingerprint density at radius 2 is 2.18 bits per heavy atom. The van der Waals surface area contributed by atoms with E-state index in [1.807, 2.05) is 12.1 Å². The van der Waals surface area contributed by atoms with Gasteiger partial charge in [-0.25, -0.2) is 0 Å². The lowest BCUT2D eigenvalue weighted by Crippen LogP contribution is -2.26. The molecule has 96 valence electrons. The summed E-state index contributed by atoms with van der Waals surface area (Å²) in [7, 11) is 1.67. The lowest BCUT2D eigenvalue weighted by molar-refractivity contribution is 0.186. The molecule has 0 aliphatic rings. The number of hydrogen-bond acceptors (Lipinski definition) is 3. The van der Waals surface area contributed by atoms with Gasteiger partial charge in [0.2, 0.25) is 0 Å². The third kappa shape index (κ3) is 3.98. The molecule has 1 aromatic carbocycles. The second-order valence-electron chi connectivity index (χ2n) is 4.32. The zero-order chi connectivity index (χ0) is 12.8. The first-order valence-electron chi connectivity index (χ1n) is 5.75. The van der Waals surface area contributed by atoms with Crippen LogP contribution in [0.1, 0.15) is 12.5 Å². The molecule has 0 aromatic heterocycles. The molecule has 2 atom stereocenters. The van der Waals surface area contributed by atoms with Crippen LogP contribution in [0.15, 0.2) is 22.7 Å². The summed E-state index contributed by atoms with van der Waals surface area (Å²) >= 11 is 3.46. The summed E-state index contributed by atoms with van der Waals surface area (Å²) in [4.78, 5) is 0. The Labute approximate surface area is 111 Å². The summed E-state index contributed by atoms with van der Waals surface area (Å²) in [5.74, 6) is 1.35. The van der Waals surface area contributed by atoms with Crippen LogP contribution in [0.25, 0.3) is 0 Å². The minimum Gasteiger partial charge on any atom is -0.496 e. The molecule has 0 fully saturated rings. The fourth-order valence-corrected chi connectivity index (χ4v) is 2.32. The van der Waals surface area contributed by atoms with Gasteiger partial charge in [0.25, 0.3) is 0 Å². The molecule has 1 rings (SSSR count). The summed E-state index contributed by atoms with van der Waals surface area (Å²) in [6, 6.07) is 5.96. The summed E-state index contributed by atoms with van der Waals surface area (Å²) in [5.41, 5.74) is 6.78. The van der Waals surface area contributed by atoms with Gasteiger partial charge in [0, 0.05) is 11.1 Å². The molecule has 2 unspecified atom stereocenters. The predicted octanol–water partition coefficient (Wildman–Crippen LogP) is 2.20. The first kappa shape index (κ1) is 14.5. The van der Waals surface area contributed by atoms with E-state index >= 15 is 0 Å². The molecule has 4 heteroatoms. The average molecular weight is 302 g/mol. The molecule has 0 heterocycles. The summed E-state index contributed by atoms with van der Waals surface area (Å²) < 4.78 is 6.37. The Hall–Kier alpha value is -0.580. The largest absolute Gasteiger partial charge is 0.496 e. The second-order valence-corrected chi connectivity index (χ2v) is 5.23. The zero-order valence-corrected chi connectivity index (χ0v) is 11.9. The molecule has 0 bridgehead atoms. The minimum atomic E-state index is 0.133. The van der Waals surface area contributed by atoms with E-state index in [2.05, 4.69) is 28.9 Å². The highest BCUT2D eigenvalue weighted by molar-refractivity contribution is 9.10. The van der Waals surface area contributed by atoms with Crippen molar-refractivity contribution >= 4 is 15.9 Å². The van der Waals surface area contributed by atoms with Gasteiger partial charge in [-0.1, -0.05) is 22.9 Å². The van der Waals surface area contributed by atoms with Crippen LogP contribution in [0.3, 0.4) is 0 Å². The molecule has 0 spiro atoms. The Kier molecular flexibility index (Phi) is 5.95. The molecule has 3 nitrogen and oxygen atoms in total. The van der Waals surface area contributed by atoms with E-state index in [-0.39, 0.29) is 12.5 Å². The molecule has 17 heavy (non-hydrogen) atoms. The van der Waals surface area contributed by atoms with Gasteiger partial charge in [-0.15, -0.1) is 0 Å². The first-order valence-corrected chi connectivity index (χ1v) is 6.55. The van der Waals surface area contributed by atoms with Crippen LogP contribution < -0.4 is 10.5 Å². The van der Waals surface area contributed by atoms with Crippen molar-refractivity contribution in [2.45, 2.75) is 13.3 Å². The van der Waals surface area contributed by atoms with Crippen molar-refractivity contribution in [3.8, 4) is 5.75 Å². The van der Waals surface area contributed by atoms with Crippen LogP contribution in [0.4, 0.5) is 0 Å². The van der Waals surface area contributed by atoms with Crippen molar-refractivity contribution < 1.29 is 9.84 Å². The van der Waals surface area contributed by atoms with Gasteiger partial charge in [-0.3, -0.25) is 0 Å². The van der Waals surface area contributed by atoms with Crippen LogP contribution in [-0.4, -0.2) is 25.4 Å². The van der Waals surface area contributed by atoms with Gasteiger partial charge in [0.05, 0.1) is 7.11 Å². The van der Waals surface area contributed by atoms with Crippen molar-refractivity contribution in [3.05, 3.63) is 28.2 Å². The topological polar surface area (TPSA) is 55.5 Å². The normalized spacial score (nSPS) is 14.4. The number of ether oxygens (including phenoxy) is 1. The predicted molar refractivity (Wildman–Crippen MR) is 73.2 cm³/mol. The van der Waals surface area contributed by atoms with Gasteiger partial charge in [0.15, 0.2) is 0 Å². The Bertz CT molecular complexity index is 353. The molecular weight excluding hydrogens is 282 g/mol. The molecule has 3 N–H and O–H groups in total. The number of halogens is 1. The standard InChI is InChI=1S/C13H20BrNO2/c1-9(11(7-15)8-16)5-10-6-12(14)3-4-13(10)17-2/h3-4,6,9,11,16H,5,7-8,15H2,1-2H3. The van der Waals surface area contributed by atoms with E-state index < -0.39 is 0 Å². The summed E-state index contributed by atoms with van der Waals surface area (Å²) in [5, 5.41) is 9.24. The van der Waals surface area contributed by atoms with Crippen molar-refractivity contribution in [3.63, 3.8) is 0 Å². The van der Waals surface area contributed by atoms with E-state index in [1.54, 1.807) is 7.11 Å². The number of aliphatic hydroxyl groups excluding tert-OH is 1. The highest BCUT2D eigenvalue weighted by atomic mass is 79.9. The lowest BCUT2D eigenvalue weighted by atomic mass is 9.88. The van der Waals surface area contributed by atoms with Crippen molar-refractivity contribution in [1.29, 1.82) is 0 Å². The average Bonchev–Trinajstić information content (AvgIpc) is 2.31. The van der Waals surface area contributed by atoms with E-state index in [0.29, 0.717) is 12.5 Å². The van der Waals surface area contributed by atoms with Crippen LogP contribution in [0.5, 0.6) is 5.75 Å². The Balaban J connectivity index is 2.82. The van der Waals surface area contributed by atoms with Crippen LogP contribution in [0, 0.1) is 11.8 Å². The zero-order valence-electron chi connectivity index (χ0n) is 10.3. The number of aliphatic hydroxyl groups is 1. The number of methoxy groups -OCH3 is 1. The van der Waals surface area contributed by atoms with Crippen LogP contribution in [-0.2, 0) is 6.42 Å². The number of rotatable bonds is 6. The molecule has 0 aliphatic heterocycles. The molecule has 0 saturated heterocycles. The van der Waals surface area contributed by atoms with Crippen molar-refractivity contribution in [1.82, 2.24) is 0 Å². The molecule has 0 radical (unpaired) electrons. The van der Waals surface area contributed by atoms with E-state index in [1.165, 1.54) is 0 Å². The Morgan fingerprint density at radius 1 is 1.47 bits per heavy atom. The minimum absolute atomic E-state index is 0.133. The lowest BCUT2D eigenvalue weighted by Gasteiger charge is -2.21. The number of nitrogens with two attached hydrogens (primary N) is 1. The van der Waals surface area contributed by atoms with Gasteiger partial charge in [0.1, 0.15) is 5.75 Å². The maximum absolute atomic E-state index is 9.24. The van der Waals surface area contributed by atoms with Gasteiger partial charge in [-0.2, -0.15) is 0 Å². The fraction of sp³-hybridized carbons (Fsp3) is 0.538. The molecule has 0 aliphatic carbocycles. The maximum Gasteiger partial charge on any atom is 0.122 e. The fourth-order valence-electron chi connectivity index (χ4n) is 1.91. The van der Waals surface area contributed by atoms with Gasteiger partial charge < -0.3 is 15.6 Å². The molecular formula is C13H20BrNO2. The van der Waals surface area contributed by atoms with E-state index in [9.17, 15) is 5.11 Å². The summed E-state index contributed by atoms with van der Waals surface area (Å²) in [6.07, 6.45) is 0.852. The van der Waals surface area contributed by atoms with Gasteiger partial charge >= 0.3 is 0 Å². The van der Waals surface area contributed by atoms with E-state index in [4.69, 9.17) is 10.5 Å². The quantitative estimate of drug-likeness (QED) is 0.847. The Morgan fingerprint density at radius 3 is 2.71 bits per heavy atom. The monoisotopic (exact) mass is 301 g/mol. The van der Waals surface area contributed by atoms with Crippen molar-refractivity contribution in [2.75, 3.05) is 20.3 Å². The SMILES string of the molecule is COc1ccc(Br)cc1CC(C)C(CN)CO.